The molecule has 0 spiro atoms. The smallest absolute Gasteiger partial charge is 0.269 e. The van der Waals surface area contributed by atoms with Crippen LogP contribution in [-0.4, -0.2) is 17.1 Å². The quantitative estimate of drug-likeness (QED) is 0.257. The monoisotopic (exact) mass is 589 g/mol. The highest BCUT2D eigenvalue weighted by Crippen LogP contribution is 2.42. The van der Waals surface area contributed by atoms with E-state index in [1.54, 1.807) is 42.5 Å². The highest BCUT2D eigenvalue weighted by atomic mass is 79.9. The van der Waals surface area contributed by atoms with Crippen molar-refractivity contribution in [2.75, 3.05) is 10.2 Å². The van der Waals surface area contributed by atoms with Crippen molar-refractivity contribution in [3.05, 3.63) is 103 Å². The molecular weight excluding hydrogens is 576 g/mol. The molecule has 10 heteroatoms. The summed E-state index contributed by atoms with van der Waals surface area (Å²) in [4.78, 5) is 27.8. The standard InChI is InChI=1S/C25H15BrCl2FN3O2S/c26-15-1-6-18(7-2-15)31-23(33)20(13-30)25-32(19-8-4-17(29)5-9-19)24(34)22(35-25)12-14-11-16(27)3-10-21(14)28/h1-11,22H,12H2,(H,31,33)/b25-20-/t22-/m1/s1. The molecule has 0 aromatic heterocycles. The molecule has 3 aromatic rings. The third-order valence-corrected chi connectivity index (χ3v) is 7.50. The third-order valence-electron chi connectivity index (χ3n) is 5.11. The van der Waals surface area contributed by atoms with Crippen molar-refractivity contribution >= 4 is 74.1 Å². The average molecular weight is 591 g/mol. The van der Waals surface area contributed by atoms with Crippen LogP contribution in [0.25, 0.3) is 0 Å². The molecule has 1 heterocycles. The Morgan fingerprint density at radius 1 is 1.11 bits per heavy atom. The molecule has 5 nitrogen and oxygen atoms in total. The lowest BCUT2D eigenvalue weighted by Crippen LogP contribution is -2.31. The van der Waals surface area contributed by atoms with Gasteiger partial charge in [-0.05, 0) is 78.7 Å². The van der Waals surface area contributed by atoms with Crippen molar-refractivity contribution in [1.82, 2.24) is 0 Å². The minimum absolute atomic E-state index is 0.155. The molecule has 0 aliphatic carbocycles. The Morgan fingerprint density at radius 3 is 2.46 bits per heavy atom. The lowest BCUT2D eigenvalue weighted by Gasteiger charge is -2.18. The highest BCUT2D eigenvalue weighted by molar-refractivity contribution is 9.10. The number of benzene rings is 3. The van der Waals surface area contributed by atoms with E-state index in [0.717, 1.165) is 16.2 Å². The third kappa shape index (κ3) is 5.71. The number of hydrogen-bond donors (Lipinski definition) is 1. The fourth-order valence-electron chi connectivity index (χ4n) is 3.44. The molecule has 1 aliphatic heterocycles. The van der Waals surface area contributed by atoms with Gasteiger partial charge in [-0.15, -0.1) is 0 Å². The van der Waals surface area contributed by atoms with Crippen molar-refractivity contribution < 1.29 is 14.0 Å². The van der Waals surface area contributed by atoms with E-state index in [0.29, 0.717) is 27.0 Å². The van der Waals surface area contributed by atoms with Gasteiger partial charge < -0.3 is 5.32 Å². The number of halogens is 4. The van der Waals surface area contributed by atoms with E-state index in [1.807, 2.05) is 6.07 Å². The number of carbonyl (C=O) groups excluding carboxylic acids is 2. The number of nitrogens with zero attached hydrogens (tertiary/aromatic N) is 2. The van der Waals surface area contributed by atoms with E-state index >= 15 is 0 Å². The maximum atomic E-state index is 13.6. The van der Waals surface area contributed by atoms with Crippen LogP contribution in [0.5, 0.6) is 0 Å². The second kappa shape index (κ2) is 10.8. The van der Waals surface area contributed by atoms with Crippen molar-refractivity contribution in [2.24, 2.45) is 0 Å². The second-order valence-electron chi connectivity index (χ2n) is 7.45. The Labute approximate surface area is 223 Å². The molecule has 2 amide bonds. The Hall–Kier alpha value is -2.83. The summed E-state index contributed by atoms with van der Waals surface area (Å²) in [6.07, 6.45) is 0.219. The van der Waals surface area contributed by atoms with Crippen LogP contribution in [-0.2, 0) is 16.0 Å². The molecule has 0 unspecified atom stereocenters. The molecule has 1 aliphatic rings. The van der Waals surface area contributed by atoms with Crippen molar-refractivity contribution in [2.45, 2.75) is 11.7 Å². The number of thioether (sulfide) groups is 1. The topological polar surface area (TPSA) is 73.2 Å². The summed E-state index contributed by atoms with van der Waals surface area (Å²) in [6, 6.07) is 19.0. The summed E-state index contributed by atoms with van der Waals surface area (Å²) in [5, 5.41) is 13.0. The number of anilines is 2. The molecule has 176 valence electrons. The lowest BCUT2D eigenvalue weighted by molar-refractivity contribution is -0.117. The number of carbonyl (C=O) groups is 2. The van der Waals surface area contributed by atoms with Gasteiger partial charge in [0, 0.05) is 25.9 Å². The molecule has 1 atom stereocenters. The predicted molar refractivity (Wildman–Crippen MR) is 141 cm³/mol. The fourth-order valence-corrected chi connectivity index (χ4v) is 5.39. The molecule has 4 rings (SSSR count). The molecule has 1 N–H and O–H groups in total. The summed E-state index contributed by atoms with van der Waals surface area (Å²) in [7, 11) is 0. The maximum absolute atomic E-state index is 13.6. The zero-order valence-electron chi connectivity index (χ0n) is 17.8. The molecular formula is C25H15BrCl2FN3O2S. The first kappa shape index (κ1) is 25.3. The van der Waals surface area contributed by atoms with E-state index in [1.165, 1.54) is 29.2 Å². The van der Waals surface area contributed by atoms with Crippen LogP contribution in [0.1, 0.15) is 5.56 Å². The lowest BCUT2D eigenvalue weighted by atomic mass is 10.1. The number of nitriles is 1. The van der Waals surface area contributed by atoms with Gasteiger partial charge in [0.1, 0.15) is 22.5 Å². The average Bonchev–Trinajstić information content (AvgIpc) is 3.14. The molecule has 0 saturated carbocycles. The number of nitrogens with one attached hydrogen (secondary N) is 1. The van der Waals surface area contributed by atoms with Gasteiger partial charge in [0.2, 0.25) is 5.91 Å². The minimum Gasteiger partial charge on any atom is -0.321 e. The Bertz CT molecular complexity index is 1370. The van der Waals surface area contributed by atoms with Gasteiger partial charge in [-0.2, -0.15) is 5.26 Å². The maximum Gasteiger partial charge on any atom is 0.269 e. The summed E-state index contributed by atoms with van der Waals surface area (Å²) in [5.41, 5.74) is 1.23. The van der Waals surface area contributed by atoms with Crippen molar-refractivity contribution in [3.8, 4) is 6.07 Å². The minimum atomic E-state index is -0.685. The zero-order chi connectivity index (χ0) is 25.1. The van der Waals surface area contributed by atoms with Crippen LogP contribution in [0.15, 0.2) is 81.8 Å². The molecule has 1 saturated heterocycles. The van der Waals surface area contributed by atoms with Gasteiger partial charge in [-0.25, -0.2) is 4.39 Å². The van der Waals surface area contributed by atoms with Gasteiger partial charge in [-0.3, -0.25) is 14.5 Å². The molecule has 0 radical (unpaired) electrons. The first-order valence-electron chi connectivity index (χ1n) is 10.2. The van der Waals surface area contributed by atoms with E-state index in [4.69, 9.17) is 23.2 Å². The fraction of sp³-hybridized carbons (Fsp3) is 0.0800. The van der Waals surface area contributed by atoms with Gasteiger partial charge in [0.15, 0.2) is 0 Å². The Morgan fingerprint density at radius 2 is 1.80 bits per heavy atom. The van der Waals surface area contributed by atoms with E-state index in [2.05, 4.69) is 21.2 Å². The summed E-state index contributed by atoms with van der Waals surface area (Å²) in [6.45, 7) is 0. The van der Waals surface area contributed by atoms with Crippen LogP contribution in [0.3, 0.4) is 0 Å². The summed E-state index contributed by atoms with van der Waals surface area (Å²) in [5.74, 6) is -1.51. The van der Waals surface area contributed by atoms with Gasteiger partial charge in [0.05, 0.1) is 5.25 Å². The molecule has 1 fully saturated rings. The largest absolute Gasteiger partial charge is 0.321 e. The van der Waals surface area contributed by atoms with Crippen LogP contribution < -0.4 is 10.2 Å². The first-order chi connectivity index (χ1) is 16.8. The summed E-state index contributed by atoms with van der Waals surface area (Å²) < 4.78 is 14.4. The van der Waals surface area contributed by atoms with Crippen LogP contribution in [0, 0.1) is 17.1 Å². The summed E-state index contributed by atoms with van der Waals surface area (Å²) >= 11 is 16.8. The Kier molecular flexibility index (Phi) is 7.82. The normalized spacial score (nSPS) is 16.7. The SMILES string of the molecule is N#C/C(C(=O)Nc1ccc(Br)cc1)=C1/S[C@H](Cc2cc(Cl)ccc2Cl)C(=O)N1c1ccc(F)cc1. The predicted octanol–water partition coefficient (Wildman–Crippen LogP) is 6.96. The molecule has 3 aromatic carbocycles. The molecule has 35 heavy (non-hydrogen) atoms. The van der Waals surface area contributed by atoms with E-state index in [9.17, 15) is 19.2 Å². The first-order valence-corrected chi connectivity index (χ1v) is 12.6. The van der Waals surface area contributed by atoms with E-state index in [-0.39, 0.29) is 22.9 Å². The second-order valence-corrected chi connectivity index (χ2v) is 10.4. The molecule has 0 bridgehead atoms. The Balaban J connectivity index is 1.73. The number of hydrogen-bond acceptors (Lipinski definition) is 4. The highest BCUT2D eigenvalue weighted by Gasteiger charge is 2.41. The van der Waals surface area contributed by atoms with Gasteiger partial charge >= 0.3 is 0 Å². The zero-order valence-corrected chi connectivity index (χ0v) is 21.7. The number of rotatable bonds is 5. The van der Waals surface area contributed by atoms with Crippen LogP contribution in [0.4, 0.5) is 15.8 Å². The van der Waals surface area contributed by atoms with Crippen LogP contribution >= 0.6 is 50.9 Å². The number of amides is 2. The van der Waals surface area contributed by atoms with Crippen molar-refractivity contribution in [3.63, 3.8) is 0 Å². The van der Waals surface area contributed by atoms with Gasteiger partial charge in [0.25, 0.3) is 5.91 Å². The van der Waals surface area contributed by atoms with Crippen molar-refractivity contribution in [1.29, 1.82) is 5.26 Å². The van der Waals surface area contributed by atoms with E-state index < -0.39 is 17.0 Å². The van der Waals surface area contributed by atoms with Gasteiger partial charge in [-0.1, -0.05) is 50.9 Å². The van der Waals surface area contributed by atoms with Crippen LogP contribution in [0.2, 0.25) is 10.0 Å².